The summed E-state index contributed by atoms with van der Waals surface area (Å²) in [5, 5.41) is 4.80. The van der Waals surface area contributed by atoms with Crippen LogP contribution in [0.4, 0.5) is 0 Å². The minimum Gasteiger partial charge on any atom is -0.312 e. The highest BCUT2D eigenvalue weighted by atomic mass is 16.1. The summed E-state index contributed by atoms with van der Waals surface area (Å²) in [5.74, 6) is 0. The molecule has 1 aliphatic rings. The monoisotopic (exact) mass is 190 g/mol. The summed E-state index contributed by atoms with van der Waals surface area (Å²) >= 11 is 0. The van der Waals surface area contributed by atoms with Gasteiger partial charge in [-0.15, -0.1) is 0 Å². The maximum absolute atomic E-state index is 11.4. The van der Waals surface area contributed by atoms with Crippen molar-refractivity contribution in [2.24, 2.45) is 0 Å². The molecule has 0 atom stereocenters. The van der Waals surface area contributed by atoms with Gasteiger partial charge in [-0.25, -0.2) is 9.67 Å². The number of fused-ring (bicyclic) bond motifs is 1. The first-order valence-corrected chi connectivity index (χ1v) is 4.77. The van der Waals surface area contributed by atoms with Crippen LogP contribution in [0, 0.1) is 0 Å². The molecular formula is C9H10N4O. The lowest BCUT2D eigenvalue weighted by Crippen LogP contribution is -2.19. The molecule has 3 rings (SSSR count). The van der Waals surface area contributed by atoms with Gasteiger partial charge in [0.2, 0.25) is 0 Å². The van der Waals surface area contributed by atoms with Gasteiger partial charge in [0, 0.05) is 0 Å². The van der Waals surface area contributed by atoms with Crippen molar-refractivity contribution in [3.8, 4) is 0 Å². The molecule has 0 bridgehead atoms. The Morgan fingerprint density at radius 1 is 1.50 bits per heavy atom. The predicted octanol–water partition coefficient (Wildman–Crippen LogP) is 0.845. The van der Waals surface area contributed by atoms with Gasteiger partial charge in [0.15, 0.2) is 5.65 Å². The molecule has 72 valence electrons. The van der Waals surface area contributed by atoms with Crippen molar-refractivity contribution in [1.29, 1.82) is 0 Å². The average molecular weight is 190 g/mol. The van der Waals surface area contributed by atoms with Crippen molar-refractivity contribution < 1.29 is 0 Å². The minimum absolute atomic E-state index is 0.111. The zero-order valence-corrected chi connectivity index (χ0v) is 7.60. The molecule has 0 aromatic carbocycles. The van der Waals surface area contributed by atoms with E-state index in [0.717, 1.165) is 12.8 Å². The van der Waals surface area contributed by atoms with E-state index in [2.05, 4.69) is 15.1 Å². The zero-order chi connectivity index (χ0) is 9.54. The van der Waals surface area contributed by atoms with Crippen LogP contribution in [0.15, 0.2) is 17.3 Å². The molecule has 0 unspecified atom stereocenters. The number of nitrogens with zero attached hydrogens (tertiary/aromatic N) is 3. The highest BCUT2D eigenvalue weighted by Crippen LogP contribution is 2.32. The molecule has 0 aliphatic heterocycles. The molecule has 2 aromatic rings. The van der Waals surface area contributed by atoms with Crippen LogP contribution in [0.3, 0.4) is 0 Å². The maximum atomic E-state index is 11.4. The fraction of sp³-hybridized carbons (Fsp3) is 0.444. The van der Waals surface area contributed by atoms with Crippen molar-refractivity contribution in [3.05, 3.63) is 22.9 Å². The SMILES string of the molecule is O=c1[nH]cnc2c1cnn2C1CCC1. The number of aromatic amines is 1. The molecule has 1 fully saturated rings. The first-order chi connectivity index (χ1) is 6.86. The summed E-state index contributed by atoms with van der Waals surface area (Å²) in [4.78, 5) is 18.1. The van der Waals surface area contributed by atoms with Crippen LogP contribution in [0.2, 0.25) is 0 Å². The van der Waals surface area contributed by atoms with Gasteiger partial charge < -0.3 is 4.98 Å². The summed E-state index contributed by atoms with van der Waals surface area (Å²) in [5.41, 5.74) is 0.596. The first-order valence-electron chi connectivity index (χ1n) is 4.77. The Kier molecular flexibility index (Phi) is 1.47. The van der Waals surface area contributed by atoms with E-state index in [1.807, 2.05) is 4.68 Å². The number of nitrogens with one attached hydrogen (secondary N) is 1. The van der Waals surface area contributed by atoms with Gasteiger partial charge in [-0.2, -0.15) is 5.10 Å². The standard InChI is InChI=1S/C9H10N4O/c14-9-7-4-12-13(6-2-1-3-6)8(7)10-5-11-9/h4-6H,1-3H2,(H,10,11,14). The van der Waals surface area contributed by atoms with E-state index in [1.54, 1.807) is 6.20 Å². The quantitative estimate of drug-likeness (QED) is 0.724. The number of hydrogen-bond donors (Lipinski definition) is 1. The highest BCUT2D eigenvalue weighted by Gasteiger charge is 2.22. The Labute approximate surface area is 79.8 Å². The average Bonchev–Trinajstić information content (AvgIpc) is 2.48. The van der Waals surface area contributed by atoms with Crippen LogP contribution in [0.1, 0.15) is 25.3 Å². The molecule has 2 aromatic heterocycles. The van der Waals surface area contributed by atoms with Gasteiger partial charge in [-0.05, 0) is 19.3 Å². The van der Waals surface area contributed by atoms with E-state index >= 15 is 0 Å². The van der Waals surface area contributed by atoms with Crippen LogP contribution < -0.4 is 5.56 Å². The molecule has 1 saturated carbocycles. The Balaban J connectivity index is 2.25. The van der Waals surface area contributed by atoms with E-state index in [0.29, 0.717) is 17.1 Å². The molecule has 0 amide bonds. The fourth-order valence-electron chi connectivity index (χ4n) is 1.77. The molecule has 5 nitrogen and oxygen atoms in total. The minimum atomic E-state index is -0.111. The van der Waals surface area contributed by atoms with Crippen LogP contribution in [0.5, 0.6) is 0 Å². The van der Waals surface area contributed by atoms with Gasteiger partial charge in [0.1, 0.15) is 5.39 Å². The van der Waals surface area contributed by atoms with Gasteiger partial charge in [-0.3, -0.25) is 4.79 Å². The maximum Gasteiger partial charge on any atom is 0.261 e. The molecule has 0 saturated heterocycles. The number of H-pyrrole nitrogens is 1. The molecular weight excluding hydrogens is 180 g/mol. The van der Waals surface area contributed by atoms with Gasteiger partial charge in [-0.1, -0.05) is 0 Å². The Morgan fingerprint density at radius 2 is 2.36 bits per heavy atom. The fourth-order valence-corrected chi connectivity index (χ4v) is 1.77. The summed E-state index contributed by atoms with van der Waals surface area (Å²) < 4.78 is 1.87. The van der Waals surface area contributed by atoms with Crippen molar-refractivity contribution in [2.75, 3.05) is 0 Å². The molecule has 14 heavy (non-hydrogen) atoms. The second-order valence-corrected chi connectivity index (χ2v) is 3.64. The lowest BCUT2D eigenvalue weighted by molar-refractivity contribution is 0.296. The third-order valence-electron chi connectivity index (χ3n) is 2.82. The number of aromatic nitrogens is 4. The Morgan fingerprint density at radius 3 is 3.07 bits per heavy atom. The van der Waals surface area contributed by atoms with Crippen molar-refractivity contribution in [1.82, 2.24) is 19.7 Å². The topological polar surface area (TPSA) is 63.6 Å². The van der Waals surface area contributed by atoms with Crippen molar-refractivity contribution >= 4 is 11.0 Å². The van der Waals surface area contributed by atoms with E-state index in [1.165, 1.54) is 12.7 Å². The number of hydrogen-bond acceptors (Lipinski definition) is 3. The van der Waals surface area contributed by atoms with Crippen LogP contribution >= 0.6 is 0 Å². The van der Waals surface area contributed by atoms with Gasteiger partial charge >= 0.3 is 0 Å². The summed E-state index contributed by atoms with van der Waals surface area (Å²) in [6, 6.07) is 0.446. The van der Waals surface area contributed by atoms with E-state index < -0.39 is 0 Å². The smallest absolute Gasteiger partial charge is 0.261 e. The predicted molar refractivity (Wildman–Crippen MR) is 51.0 cm³/mol. The van der Waals surface area contributed by atoms with Crippen LogP contribution in [-0.4, -0.2) is 19.7 Å². The normalized spacial score (nSPS) is 17.1. The van der Waals surface area contributed by atoms with Crippen LogP contribution in [0.25, 0.3) is 11.0 Å². The summed E-state index contributed by atoms with van der Waals surface area (Å²) in [7, 11) is 0. The number of rotatable bonds is 1. The Hall–Kier alpha value is -1.65. The third kappa shape index (κ3) is 0.921. The molecule has 1 aliphatic carbocycles. The second kappa shape index (κ2) is 2.67. The van der Waals surface area contributed by atoms with Gasteiger partial charge in [0.05, 0.1) is 18.6 Å². The third-order valence-corrected chi connectivity index (χ3v) is 2.82. The largest absolute Gasteiger partial charge is 0.312 e. The van der Waals surface area contributed by atoms with Gasteiger partial charge in [0.25, 0.3) is 5.56 Å². The lowest BCUT2D eigenvalue weighted by Gasteiger charge is -2.25. The Bertz CT molecular complexity index is 523. The van der Waals surface area contributed by atoms with E-state index in [9.17, 15) is 4.79 Å². The molecule has 0 spiro atoms. The van der Waals surface area contributed by atoms with E-state index in [4.69, 9.17) is 0 Å². The molecule has 1 N–H and O–H groups in total. The first kappa shape index (κ1) is 7.73. The summed E-state index contributed by atoms with van der Waals surface area (Å²) in [6.45, 7) is 0. The van der Waals surface area contributed by atoms with Crippen LogP contribution in [-0.2, 0) is 0 Å². The summed E-state index contributed by atoms with van der Waals surface area (Å²) in [6.07, 6.45) is 6.56. The molecule has 2 heterocycles. The second-order valence-electron chi connectivity index (χ2n) is 3.64. The van der Waals surface area contributed by atoms with E-state index in [-0.39, 0.29) is 5.56 Å². The van der Waals surface area contributed by atoms with Crippen molar-refractivity contribution in [3.63, 3.8) is 0 Å². The zero-order valence-electron chi connectivity index (χ0n) is 7.60. The highest BCUT2D eigenvalue weighted by molar-refractivity contribution is 5.72. The van der Waals surface area contributed by atoms with Crippen molar-refractivity contribution in [2.45, 2.75) is 25.3 Å². The molecule has 0 radical (unpaired) electrons. The lowest BCUT2D eigenvalue weighted by atomic mass is 9.93. The molecule has 5 heteroatoms.